The van der Waals surface area contributed by atoms with Crippen LogP contribution in [0.5, 0.6) is 0 Å². The van der Waals surface area contributed by atoms with Crippen LogP contribution in [0, 0.1) is 5.82 Å². The van der Waals surface area contributed by atoms with Crippen molar-refractivity contribution in [2.24, 2.45) is 0 Å². The van der Waals surface area contributed by atoms with Gasteiger partial charge < -0.3 is 10.3 Å². The van der Waals surface area contributed by atoms with Crippen LogP contribution in [0.1, 0.15) is 31.9 Å². The van der Waals surface area contributed by atoms with Crippen molar-refractivity contribution in [3.63, 3.8) is 0 Å². The molecular weight excluding hydrogens is 367 g/mol. The lowest BCUT2D eigenvalue weighted by Crippen LogP contribution is -2.17. The monoisotopic (exact) mass is 390 g/mol. The largest absolute Gasteiger partial charge is 0.354 e. The van der Waals surface area contributed by atoms with Crippen molar-refractivity contribution in [3.8, 4) is 11.3 Å². The van der Waals surface area contributed by atoms with E-state index in [-0.39, 0.29) is 17.8 Å². The number of aromatic amines is 1. The number of amides is 1. The van der Waals surface area contributed by atoms with Crippen LogP contribution in [-0.4, -0.2) is 20.7 Å². The summed E-state index contributed by atoms with van der Waals surface area (Å²) in [5.74, 6) is 0.359. The van der Waals surface area contributed by atoms with Gasteiger partial charge in [0, 0.05) is 35.1 Å². The summed E-state index contributed by atoms with van der Waals surface area (Å²) in [6.07, 6.45) is 2.58. The summed E-state index contributed by atoms with van der Waals surface area (Å²) in [6, 6.07) is 16.4. The molecule has 0 fully saturated rings. The predicted octanol–water partition coefficient (Wildman–Crippen LogP) is 5.32. The third-order valence-electron chi connectivity index (χ3n) is 4.98. The lowest BCUT2D eigenvalue weighted by molar-refractivity contribution is -0.116. The molecule has 1 amide bonds. The zero-order valence-corrected chi connectivity index (χ0v) is 16.4. The van der Waals surface area contributed by atoms with Crippen LogP contribution in [0.25, 0.3) is 22.2 Å². The Labute approximate surface area is 168 Å². The zero-order valence-electron chi connectivity index (χ0n) is 16.4. The quantitative estimate of drug-likeness (QED) is 0.468. The van der Waals surface area contributed by atoms with Crippen molar-refractivity contribution in [3.05, 3.63) is 72.2 Å². The highest BCUT2D eigenvalue weighted by Gasteiger charge is 2.15. The number of rotatable bonds is 6. The van der Waals surface area contributed by atoms with Gasteiger partial charge in [-0.2, -0.15) is 5.10 Å². The van der Waals surface area contributed by atoms with Crippen LogP contribution in [0.2, 0.25) is 0 Å². The average molecular weight is 390 g/mol. The number of nitrogens with zero attached hydrogens (tertiary/aromatic N) is 2. The van der Waals surface area contributed by atoms with Crippen molar-refractivity contribution in [2.75, 3.05) is 5.32 Å². The minimum absolute atomic E-state index is 0.0669. The molecule has 0 aliphatic heterocycles. The SMILES string of the molecule is CC(C)n1nccc1NC(=O)CCc1c(-c2ccc(F)cc2)[nH]c2ccccc12. The van der Waals surface area contributed by atoms with E-state index in [2.05, 4.69) is 15.4 Å². The molecule has 4 aromatic rings. The summed E-state index contributed by atoms with van der Waals surface area (Å²) in [6.45, 7) is 4.03. The third-order valence-corrected chi connectivity index (χ3v) is 4.98. The van der Waals surface area contributed by atoms with Gasteiger partial charge in [0.2, 0.25) is 5.91 Å². The minimum Gasteiger partial charge on any atom is -0.354 e. The lowest BCUT2D eigenvalue weighted by Gasteiger charge is -2.12. The number of halogens is 1. The van der Waals surface area contributed by atoms with E-state index in [1.54, 1.807) is 29.1 Å². The summed E-state index contributed by atoms with van der Waals surface area (Å²) in [7, 11) is 0. The number of anilines is 1. The van der Waals surface area contributed by atoms with E-state index >= 15 is 0 Å². The topological polar surface area (TPSA) is 62.7 Å². The van der Waals surface area contributed by atoms with E-state index in [0.717, 1.165) is 27.7 Å². The first-order chi connectivity index (χ1) is 14.0. The number of hydrogen-bond acceptors (Lipinski definition) is 2. The molecule has 0 saturated heterocycles. The fourth-order valence-corrected chi connectivity index (χ4v) is 3.59. The van der Waals surface area contributed by atoms with Crippen molar-refractivity contribution in [2.45, 2.75) is 32.7 Å². The number of para-hydroxylation sites is 1. The van der Waals surface area contributed by atoms with Crippen molar-refractivity contribution in [1.29, 1.82) is 0 Å². The number of aryl methyl sites for hydroxylation is 1. The van der Waals surface area contributed by atoms with Gasteiger partial charge in [0.15, 0.2) is 0 Å². The first-order valence-electron chi connectivity index (χ1n) is 9.72. The summed E-state index contributed by atoms with van der Waals surface area (Å²) < 4.78 is 15.1. The average Bonchev–Trinajstić information content (AvgIpc) is 3.31. The van der Waals surface area contributed by atoms with E-state index in [1.807, 2.05) is 38.1 Å². The molecule has 2 aromatic carbocycles. The summed E-state index contributed by atoms with van der Waals surface area (Å²) in [5, 5.41) is 8.27. The number of H-pyrrole nitrogens is 1. The first-order valence-corrected chi connectivity index (χ1v) is 9.72. The Morgan fingerprint density at radius 1 is 1.14 bits per heavy atom. The molecule has 2 N–H and O–H groups in total. The van der Waals surface area contributed by atoms with E-state index in [0.29, 0.717) is 18.7 Å². The highest BCUT2D eigenvalue weighted by atomic mass is 19.1. The summed E-state index contributed by atoms with van der Waals surface area (Å²) in [5.41, 5.74) is 3.88. The minimum atomic E-state index is -0.271. The lowest BCUT2D eigenvalue weighted by atomic mass is 10.0. The Kier molecular flexibility index (Phi) is 5.16. The van der Waals surface area contributed by atoms with Crippen molar-refractivity contribution in [1.82, 2.24) is 14.8 Å². The number of benzene rings is 2. The number of carbonyl (C=O) groups is 1. The predicted molar refractivity (Wildman–Crippen MR) is 113 cm³/mol. The fraction of sp³-hybridized carbons (Fsp3) is 0.217. The van der Waals surface area contributed by atoms with E-state index in [9.17, 15) is 9.18 Å². The molecule has 2 heterocycles. The van der Waals surface area contributed by atoms with Crippen LogP contribution < -0.4 is 5.32 Å². The van der Waals surface area contributed by atoms with Gasteiger partial charge in [-0.3, -0.25) is 4.79 Å². The molecule has 0 aliphatic rings. The van der Waals surface area contributed by atoms with Gasteiger partial charge in [-0.1, -0.05) is 18.2 Å². The normalized spacial score (nSPS) is 11.3. The Balaban J connectivity index is 1.58. The number of nitrogens with one attached hydrogen (secondary N) is 2. The van der Waals surface area contributed by atoms with Crippen molar-refractivity contribution >= 4 is 22.6 Å². The van der Waals surface area contributed by atoms with Gasteiger partial charge in [-0.15, -0.1) is 0 Å². The highest BCUT2D eigenvalue weighted by Crippen LogP contribution is 2.31. The highest BCUT2D eigenvalue weighted by molar-refractivity contribution is 5.93. The second kappa shape index (κ2) is 7.91. The first kappa shape index (κ1) is 18.9. The second-order valence-electron chi connectivity index (χ2n) is 7.33. The molecule has 4 rings (SSSR count). The molecule has 0 radical (unpaired) electrons. The van der Waals surface area contributed by atoms with Gasteiger partial charge in [-0.25, -0.2) is 9.07 Å². The maximum absolute atomic E-state index is 13.4. The van der Waals surface area contributed by atoms with E-state index in [4.69, 9.17) is 0 Å². The van der Waals surface area contributed by atoms with Crippen LogP contribution in [0.3, 0.4) is 0 Å². The molecule has 0 atom stereocenters. The molecule has 6 heteroatoms. The van der Waals surface area contributed by atoms with Crippen molar-refractivity contribution < 1.29 is 9.18 Å². The number of hydrogen-bond donors (Lipinski definition) is 2. The number of carbonyl (C=O) groups excluding carboxylic acids is 1. The van der Waals surface area contributed by atoms with Gasteiger partial charge >= 0.3 is 0 Å². The van der Waals surface area contributed by atoms with Gasteiger partial charge in [0.25, 0.3) is 0 Å². The van der Waals surface area contributed by atoms with Crippen LogP contribution in [0.4, 0.5) is 10.2 Å². The molecule has 0 aliphatic carbocycles. The molecule has 0 bridgehead atoms. The molecule has 29 heavy (non-hydrogen) atoms. The van der Waals surface area contributed by atoms with Crippen LogP contribution in [-0.2, 0) is 11.2 Å². The summed E-state index contributed by atoms with van der Waals surface area (Å²) in [4.78, 5) is 16.0. The third kappa shape index (κ3) is 3.92. The maximum atomic E-state index is 13.4. The molecule has 2 aromatic heterocycles. The van der Waals surface area contributed by atoms with Gasteiger partial charge in [-0.05, 0) is 61.7 Å². The Morgan fingerprint density at radius 2 is 1.90 bits per heavy atom. The standard InChI is InChI=1S/C23H23FN4O/c1-15(2)28-21(13-14-25-28)27-22(29)12-11-19-18-5-3-4-6-20(18)26-23(19)16-7-9-17(24)10-8-16/h3-10,13-15,26H,11-12H2,1-2H3,(H,27,29). The number of aromatic nitrogens is 3. The number of fused-ring (bicyclic) bond motifs is 1. The molecule has 5 nitrogen and oxygen atoms in total. The smallest absolute Gasteiger partial charge is 0.225 e. The van der Waals surface area contributed by atoms with E-state index < -0.39 is 0 Å². The van der Waals surface area contributed by atoms with Crippen LogP contribution in [0.15, 0.2) is 60.8 Å². The maximum Gasteiger partial charge on any atom is 0.225 e. The summed E-state index contributed by atoms with van der Waals surface area (Å²) >= 11 is 0. The Morgan fingerprint density at radius 3 is 2.66 bits per heavy atom. The second-order valence-corrected chi connectivity index (χ2v) is 7.33. The fourth-order valence-electron chi connectivity index (χ4n) is 3.59. The molecular formula is C23H23FN4O. The molecule has 148 valence electrons. The Bertz CT molecular complexity index is 1140. The van der Waals surface area contributed by atoms with E-state index in [1.165, 1.54) is 12.1 Å². The van der Waals surface area contributed by atoms with Crippen LogP contribution >= 0.6 is 0 Å². The molecule has 0 saturated carbocycles. The molecule has 0 unspecified atom stereocenters. The zero-order chi connectivity index (χ0) is 20.4. The molecule has 0 spiro atoms. The van der Waals surface area contributed by atoms with Gasteiger partial charge in [0.05, 0.1) is 6.20 Å². The van der Waals surface area contributed by atoms with Gasteiger partial charge in [0.1, 0.15) is 11.6 Å². The Hall–Kier alpha value is -3.41.